The van der Waals surface area contributed by atoms with Gasteiger partial charge in [-0.05, 0) is 35.0 Å². The highest BCUT2D eigenvalue weighted by molar-refractivity contribution is 9.10. The molecular weight excluding hydrogens is 300 g/mol. The van der Waals surface area contributed by atoms with E-state index in [2.05, 4.69) is 21.1 Å². The number of aromatic nitrogens is 1. The van der Waals surface area contributed by atoms with Crippen LogP contribution in [0.25, 0.3) is 11.3 Å². The second-order valence-corrected chi connectivity index (χ2v) is 4.39. The third kappa shape index (κ3) is 2.43. The largest absolute Gasteiger partial charge is 0.492 e. The molecule has 1 aromatic heterocycles. The molecule has 0 aliphatic carbocycles. The van der Waals surface area contributed by atoms with Crippen molar-refractivity contribution >= 4 is 21.8 Å². The Hall–Kier alpha value is -1.69. The van der Waals surface area contributed by atoms with Crippen molar-refractivity contribution in [2.45, 2.75) is 6.92 Å². The van der Waals surface area contributed by atoms with Crippen LogP contribution >= 0.6 is 15.9 Å². The zero-order valence-electron chi connectivity index (χ0n) is 10.1. The van der Waals surface area contributed by atoms with Gasteiger partial charge >= 0.3 is 0 Å². The van der Waals surface area contributed by atoms with Crippen LogP contribution in [0.15, 0.2) is 27.2 Å². The monoisotopic (exact) mass is 312 g/mol. The lowest BCUT2D eigenvalue weighted by Gasteiger charge is -2.12. The maximum absolute atomic E-state index is 5.53. The molecule has 0 saturated carbocycles. The van der Waals surface area contributed by atoms with Gasteiger partial charge in [-0.1, -0.05) is 5.16 Å². The lowest BCUT2D eigenvalue weighted by molar-refractivity contribution is 0.310. The van der Waals surface area contributed by atoms with E-state index in [1.54, 1.807) is 13.2 Å². The topological polar surface area (TPSA) is 70.5 Å². The van der Waals surface area contributed by atoms with Crippen LogP contribution in [0.4, 0.5) is 5.88 Å². The van der Waals surface area contributed by atoms with E-state index in [4.69, 9.17) is 19.7 Å². The van der Waals surface area contributed by atoms with Crippen molar-refractivity contribution in [3.8, 4) is 22.8 Å². The predicted molar refractivity (Wildman–Crippen MR) is 71.8 cm³/mol. The van der Waals surface area contributed by atoms with Gasteiger partial charge in [-0.3, -0.25) is 0 Å². The molecule has 0 radical (unpaired) electrons. The van der Waals surface area contributed by atoms with Gasteiger partial charge in [0.25, 0.3) is 0 Å². The Morgan fingerprint density at radius 2 is 2.17 bits per heavy atom. The summed E-state index contributed by atoms with van der Waals surface area (Å²) in [5, 5.41) is 3.87. The fourth-order valence-corrected chi connectivity index (χ4v) is 2.21. The van der Waals surface area contributed by atoms with Crippen LogP contribution < -0.4 is 15.2 Å². The number of ether oxygens (including phenoxy) is 2. The lowest BCUT2D eigenvalue weighted by Crippen LogP contribution is -1.96. The Kier molecular flexibility index (Phi) is 3.76. The predicted octanol–water partition coefficient (Wildman–Crippen LogP) is 3.09. The number of halogens is 1. The summed E-state index contributed by atoms with van der Waals surface area (Å²) in [6.45, 7) is 2.46. The van der Waals surface area contributed by atoms with Gasteiger partial charge in [0.05, 0.1) is 18.2 Å². The Morgan fingerprint density at radius 3 is 2.72 bits per heavy atom. The molecule has 0 spiro atoms. The van der Waals surface area contributed by atoms with Gasteiger partial charge in [0.2, 0.25) is 5.88 Å². The SMILES string of the molecule is CCOc1cc(-c2cc(N)on2)cc(Br)c1OC. The maximum atomic E-state index is 5.53. The molecule has 2 N–H and O–H groups in total. The van der Waals surface area contributed by atoms with E-state index in [0.29, 0.717) is 23.8 Å². The van der Waals surface area contributed by atoms with E-state index in [9.17, 15) is 0 Å². The molecule has 0 atom stereocenters. The van der Waals surface area contributed by atoms with E-state index in [1.807, 2.05) is 19.1 Å². The quantitative estimate of drug-likeness (QED) is 0.939. The molecule has 0 aliphatic heterocycles. The second-order valence-electron chi connectivity index (χ2n) is 3.54. The summed E-state index contributed by atoms with van der Waals surface area (Å²) in [6, 6.07) is 5.37. The van der Waals surface area contributed by atoms with E-state index >= 15 is 0 Å². The van der Waals surface area contributed by atoms with Gasteiger partial charge in [0, 0.05) is 11.6 Å². The smallest absolute Gasteiger partial charge is 0.222 e. The van der Waals surface area contributed by atoms with Gasteiger partial charge in [-0.25, -0.2) is 0 Å². The number of nitrogen functional groups attached to an aromatic ring is 1. The first-order valence-corrected chi connectivity index (χ1v) is 6.18. The van der Waals surface area contributed by atoms with Gasteiger partial charge < -0.3 is 19.7 Å². The molecule has 2 rings (SSSR count). The summed E-state index contributed by atoms with van der Waals surface area (Å²) in [5.74, 6) is 1.57. The van der Waals surface area contributed by atoms with Crippen molar-refractivity contribution in [3.63, 3.8) is 0 Å². The Morgan fingerprint density at radius 1 is 1.39 bits per heavy atom. The third-order valence-corrected chi connectivity index (χ3v) is 2.93. The first-order chi connectivity index (χ1) is 8.65. The molecule has 1 aromatic carbocycles. The molecule has 5 nitrogen and oxygen atoms in total. The molecule has 0 aliphatic rings. The maximum Gasteiger partial charge on any atom is 0.222 e. The van der Waals surface area contributed by atoms with E-state index < -0.39 is 0 Å². The highest BCUT2D eigenvalue weighted by Gasteiger charge is 2.14. The molecule has 18 heavy (non-hydrogen) atoms. The van der Waals surface area contributed by atoms with Gasteiger partial charge in [0.15, 0.2) is 11.5 Å². The van der Waals surface area contributed by atoms with Gasteiger partial charge in [-0.15, -0.1) is 0 Å². The molecule has 96 valence electrons. The van der Waals surface area contributed by atoms with Crippen LogP contribution in [-0.2, 0) is 0 Å². The normalized spacial score (nSPS) is 10.4. The summed E-state index contributed by atoms with van der Waals surface area (Å²) >= 11 is 3.44. The molecule has 1 heterocycles. The minimum atomic E-state index is 0.273. The van der Waals surface area contributed by atoms with Crippen LogP contribution in [0.3, 0.4) is 0 Å². The molecule has 0 amide bonds. The number of benzene rings is 1. The van der Waals surface area contributed by atoms with Crippen molar-refractivity contribution in [2.75, 3.05) is 19.5 Å². The lowest BCUT2D eigenvalue weighted by atomic mass is 10.1. The fraction of sp³-hybridized carbons (Fsp3) is 0.250. The summed E-state index contributed by atoms with van der Waals surface area (Å²) < 4.78 is 16.5. The average Bonchev–Trinajstić information content (AvgIpc) is 2.76. The minimum absolute atomic E-state index is 0.273. The third-order valence-electron chi connectivity index (χ3n) is 2.34. The highest BCUT2D eigenvalue weighted by atomic mass is 79.9. The number of anilines is 1. The second kappa shape index (κ2) is 5.30. The zero-order chi connectivity index (χ0) is 13.1. The molecule has 2 aromatic rings. The standard InChI is InChI=1S/C12H13BrN2O3/c1-3-17-10-5-7(4-8(13)12(10)16-2)9-6-11(14)18-15-9/h4-6H,3,14H2,1-2H3. The van der Waals surface area contributed by atoms with E-state index in [0.717, 1.165) is 10.0 Å². The summed E-state index contributed by atoms with van der Waals surface area (Å²) in [7, 11) is 1.59. The van der Waals surface area contributed by atoms with Crippen LogP contribution in [-0.4, -0.2) is 18.9 Å². The fourth-order valence-electron chi connectivity index (χ4n) is 1.60. The van der Waals surface area contributed by atoms with Crippen LogP contribution in [0.2, 0.25) is 0 Å². The van der Waals surface area contributed by atoms with Crippen molar-refractivity contribution in [1.82, 2.24) is 5.16 Å². The zero-order valence-corrected chi connectivity index (χ0v) is 11.7. The number of nitrogens with zero attached hydrogens (tertiary/aromatic N) is 1. The van der Waals surface area contributed by atoms with Crippen molar-refractivity contribution in [1.29, 1.82) is 0 Å². The molecule has 0 fully saturated rings. The minimum Gasteiger partial charge on any atom is -0.492 e. The Balaban J connectivity index is 2.50. The van der Waals surface area contributed by atoms with Crippen molar-refractivity contribution in [3.05, 3.63) is 22.7 Å². The highest BCUT2D eigenvalue weighted by Crippen LogP contribution is 2.39. The molecular formula is C12H13BrN2O3. The van der Waals surface area contributed by atoms with E-state index in [1.165, 1.54) is 0 Å². The molecule has 0 bridgehead atoms. The first-order valence-electron chi connectivity index (χ1n) is 5.38. The molecule has 0 unspecified atom stereocenters. The Bertz CT molecular complexity index is 554. The number of hydrogen-bond donors (Lipinski definition) is 1. The Labute approximate surface area is 113 Å². The number of hydrogen-bond acceptors (Lipinski definition) is 5. The number of rotatable bonds is 4. The molecule has 0 saturated heterocycles. The number of methoxy groups -OCH3 is 1. The van der Waals surface area contributed by atoms with Crippen molar-refractivity contribution < 1.29 is 14.0 Å². The summed E-state index contributed by atoms with van der Waals surface area (Å²) in [6.07, 6.45) is 0. The van der Waals surface area contributed by atoms with Crippen LogP contribution in [0, 0.1) is 0 Å². The van der Waals surface area contributed by atoms with E-state index in [-0.39, 0.29) is 5.88 Å². The van der Waals surface area contributed by atoms with Gasteiger partial charge in [-0.2, -0.15) is 0 Å². The molecule has 6 heteroatoms. The summed E-state index contributed by atoms with van der Waals surface area (Å²) in [5.41, 5.74) is 7.00. The van der Waals surface area contributed by atoms with Crippen LogP contribution in [0.5, 0.6) is 11.5 Å². The average molecular weight is 313 g/mol. The van der Waals surface area contributed by atoms with Gasteiger partial charge in [0.1, 0.15) is 5.69 Å². The van der Waals surface area contributed by atoms with Crippen molar-refractivity contribution in [2.24, 2.45) is 0 Å². The van der Waals surface area contributed by atoms with Crippen LogP contribution in [0.1, 0.15) is 6.92 Å². The first kappa shape index (κ1) is 12.8. The summed E-state index contributed by atoms with van der Waals surface area (Å²) in [4.78, 5) is 0. The number of nitrogens with two attached hydrogens (primary N) is 1.